The molecule has 1 fully saturated rings. The first-order chi connectivity index (χ1) is 9.29. The van der Waals surface area contributed by atoms with E-state index in [1.165, 1.54) is 37.1 Å². The van der Waals surface area contributed by atoms with Gasteiger partial charge in [0, 0.05) is 19.5 Å². The molecule has 19 heavy (non-hydrogen) atoms. The van der Waals surface area contributed by atoms with Crippen molar-refractivity contribution in [1.82, 2.24) is 10.2 Å². The molecule has 3 heteroatoms. The molecule has 0 unspecified atom stereocenters. The molecule has 0 bridgehead atoms. The van der Waals surface area contributed by atoms with Gasteiger partial charge in [-0.3, -0.25) is 9.69 Å². The highest BCUT2D eigenvalue weighted by molar-refractivity contribution is 5.75. The standard InChI is InChI=1S/C16H24N2O/c1-2-7-16(19)17-12-14-8-3-4-9-15(14)13-18-10-5-6-11-18/h3-4,8-9H,2,5-7,10-13H2,1H3,(H,17,19). The van der Waals surface area contributed by atoms with Crippen molar-refractivity contribution in [3.8, 4) is 0 Å². The second-order valence-corrected chi connectivity index (χ2v) is 5.28. The summed E-state index contributed by atoms with van der Waals surface area (Å²) in [6.45, 7) is 6.11. The Kier molecular flexibility index (Phi) is 5.40. The Morgan fingerprint density at radius 3 is 2.58 bits per heavy atom. The third-order valence-corrected chi connectivity index (χ3v) is 3.66. The summed E-state index contributed by atoms with van der Waals surface area (Å²) in [4.78, 5) is 14.0. The lowest BCUT2D eigenvalue weighted by Crippen LogP contribution is -2.24. The monoisotopic (exact) mass is 260 g/mol. The summed E-state index contributed by atoms with van der Waals surface area (Å²) >= 11 is 0. The molecule has 104 valence electrons. The molecule has 1 N–H and O–H groups in total. The first kappa shape index (κ1) is 14.1. The fraction of sp³-hybridized carbons (Fsp3) is 0.562. The Balaban J connectivity index is 1.93. The number of hydrogen-bond acceptors (Lipinski definition) is 2. The number of likely N-dealkylation sites (tertiary alicyclic amines) is 1. The van der Waals surface area contributed by atoms with Gasteiger partial charge in [0.15, 0.2) is 0 Å². The molecule has 0 radical (unpaired) electrons. The van der Waals surface area contributed by atoms with Crippen molar-refractivity contribution in [2.24, 2.45) is 0 Å². The largest absolute Gasteiger partial charge is 0.352 e. The molecular formula is C16H24N2O. The fourth-order valence-corrected chi connectivity index (χ4v) is 2.58. The molecule has 2 rings (SSSR count). The van der Waals surface area contributed by atoms with Gasteiger partial charge in [-0.15, -0.1) is 0 Å². The van der Waals surface area contributed by atoms with E-state index in [0.29, 0.717) is 13.0 Å². The van der Waals surface area contributed by atoms with E-state index in [2.05, 4.69) is 34.5 Å². The van der Waals surface area contributed by atoms with E-state index >= 15 is 0 Å². The van der Waals surface area contributed by atoms with Crippen LogP contribution in [-0.4, -0.2) is 23.9 Å². The quantitative estimate of drug-likeness (QED) is 0.853. The molecule has 0 aliphatic carbocycles. The summed E-state index contributed by atoms with van der Waals surface area (Å²) in [5.41, 5.74) is 2.60. The molecule has 1 aliphatic rings. The first-order valence-corrected chi connectivity index (χ1v) is 7.35. The molecule has 0 saturated carbocycles. The van der Waals surface area contributed by atoms with Gasteiger partial charge in [-0.05, 0) is 43.5 Å². The predicted molar refractivity (Wildman–Crippen MR) is 77.7 cm³/mol. The highest BCUT2D eigenvalue weighted by atomic mass is 16.1. The Labute approximate surface area is 116 Å². The van der Waals surface area contributed by atoms with Gasteiger partial charge in [0.05, 0.1) is 0 Å². The second-order valence-electron chi connectivity index (χ2n) is 5.28. The lowest BCUT2D eigenvalue weighted by molar-refractivity contribution is -0.121. The highest BCUT2D eigenvalue weighted by Gasteiger charge is 2.13. The van der Waals surface area contributed by atoms with E-state index in [-0.39, 0.29) is 5.91 Å². The summed E-state index contributed by atoms with van der Waals surface area (Å²) in [5.74, 6) is 0.151. The number of rotatable bonds is 6. The molecule has 1 heterocycles. The van der Waals surface area contributed by atoms with Crippen LogP contribution >= 0.6 is 0 Å². The third kappa shape index (κ3) is 4.35. The molecule has 1 aliphatic heterocycles. The van der Waals surface area contributed by atoms with Crippen LogP contribution in [0, 0.1) is 0 Å². The second kappa shape index (κ2) is 7.29. The topological polar surface area (TPSA) is 32.3 Å². The summed E-state index contributed by atoms with van der Waals surface area (Å²) in [6, 6.07) is 8.44. The van der Waals surface area contributed by atoms with E-state index in [9.17, 15) is 4.79 Å². The molecular weight excluding hydrogens is 236 g/mol. The Hall–Kier alpha value is -1.35. The van der Waals surface area contributed by atoms with E-state index in [1.54, 1.807) is 0 Å². The molecule has 1 aromatic rings. The van der Waals surface area contributed by atoms with E-state index in [0.717, 1.165) is 13.0 Å². The SMILES string of the molecule is CCCC(=O)NCc1ccccc1CN1CCCC1. The molecule has 1 saturated heterocycles. The normalized spacial score (nSPS) is 15.6. The molecule has 3 nitrogen and oxygen atoms in total. The van der Waals surface area contributed by atoms with Crippen molar-refractivity contribution in [3.05, 3.63) is 35.4 Å². The van der Waals surface area contributed by atoms with Gasteiger partial charge < -0.3 is 5.32 Å². The zero-order chi connectivity index (χ0) is 13.5. The predicted octanol–water partition coefficient (Wildman–Crippen LogP) is 2.70. The minimum Gasteiger partial charge on any atom is -0.352 e. The van der Waals surface area contributed by atoms with Crippen LogP contribution in [0.3, 0.4) is 0 Å². The summed E-state index contributed by atoms with van der Waals surface area (Å²) < 4.78 is 0. The average molecular weight is 260 g/mol. The lowest BCUT2D eigenvalue weighted by atomic mass is 10.1. The summed E-state index contributed by atoms with van der Waals surface area (Å²) in [6.07, 6.45) is 4.15. The minimum atomic E-state index is 0.151. The van der Waals surface area contributed by atoms with Crippen LogP contribution in [-0.2, 0) is 17.9 Å². The van der Waals surface area contributed by atoms with Crippen LogP contribution in [0.25, 0.3) is 0 Å². The zero-order valence-corrected chi connectivity index (χ0v) is 11.8. The molecule has 1 aromatic carbocycles. The first-order valence-electron chi connectivity index (χ1n) is 7.35. The number of carbonyl (C=O) groups excluding carboxylic acids is 1. The Bertz CT molecular complexity index is 411. The number of amides is 1. The van der Waals surface area contributed by atoms with Crippen molar-refractivity contribution < 1.29 is 4.79 Å². The number of hydrogen-bond donors (Lipinski definition) is 1. The van der Waals surface area contributed by atoms with Crippen LogP contribution in [0.4, 0.5) is 0 Å². The van der Waals surface area contributed by atoms with E-state index in [1.807, 2.05) is 6.92 Å². The number of carbonyl (C=O) groups is 1. The van der Waals surface area contributed by atoms with Gasteiger partial charge in [-0.2, -0.15) is 0 Å². The average Bonchev–Trinajstić information content (AvgIpc) is 2.91. The molecule has 0 atom stereocenters. The maximum Gasteiger partial charge on any atom is 0.220 e. The summed E-state index contributed by atoms with van der Waals surface area (Å²) in [5, 5.41) is 3.01. The van der Waals surface area contributed by atoms with Crippen LogP contribution < -0.4 is 5.32 Å². The lowest BCUT2D eigenvalue weighted by Gasteiger charge is -2.17. The minimum absolute atomic E-state index is 0.151. The van der Waals surface area contributed by atoms with Crippen molar-refractivity contribution in [1.29, 1.82) is 0 Å². The van der Waals surface area contributed by atoms with Gasteiger partial charge in [-0.25, -0.2) is 0 Å². The van der Waals surface area contributed by atoms with Crippen molar-refractivity contribution in [2.45, 2.75) is 45.7 Å². The van der Waals surface area contributed by atoms with Gasteiger partial charge in [0.25, 0.3) is 0 Å². The van der Waals surface area contributed by atoms with Crippen molar-refractivity contribution in [3.63, 3.8) is 0 Å². The summed E-state index contributed by atoms with van der Waals surface area (Å²) in [7, 11) is 0. The number of nitrogens with one attached hydrogen (secondary N) is 1. The zero-order valence-electron chi connectivity index (χ0n) is 11.8. The molecule has 1 amide bonds. The van der Waals surface area contributed by atoms with Crippen molar-refractivity contribution in [2.75, 3.05) is 13.1 Å². The van der Waals surface area contributed by atoms with Crippen LogP contribution in [0.2, 0.25) is 0 Å². The van der Waals surface area contributed by atoms with Gasteiger partial charge in [0.1, 0.15) is 0 Å². The fourth-order valence-electron chi connectivity index (χ4n) is 2.58. The maximum absolute atomic E-state index is 11.6. The smallest absolute Gasteiger partial charge is 0.220 e. The van der Waals surface area contributed by atoms with Crippen molar-refractivity contribution >= 4 is 5.91 Å². The van der Waals surface area contributed by atoms with Crippen LogP contribution in [0.1, 0.15) is 43.7 Å². The van der Waals surface area contributed by atoms with Gasteiger partial charge in [0.2, 0.25) is 5.91 Å². The Morgan fingerprint density at radius 1 is 1.21 bits per heavy atom. The van der Waals surface area contributed by atoms with Crippen LogP contribution in [0.15, 0.2) is 24.3 Å². The molecule has 0 aromatic heterocycles. The third-order valence-electron chi connectivity index (χ3n) is 3.66. The van der Waals surface area contributed by atoms with Gasteiger partial charge in [-0.1, -0.05) is 31.2 Å². The number of benzene rings is 1. The van der Waals surface area contributed by atoms with Crippen LogP contribution in [0.5, 0.6) is 0 Å². The van der Waals surface area contributed by atoms with E-state index in [4.69, 9.17) is 0 Å². The van der Waals surface area contributed by atoms with Gasteiger partial charge >= 0.3 is 0 Å². The molecule has 0 spiro atoms. The highest BCUT2D eigenvalue weighted by Crippen LogP contribution is 2.16. The number of nitrogens with zero attached hydrogens (tertiary/aromatic N) is 1. The Morgan fingerprint density at radius 2 is 1.89 bits per heavy atom. The maximum atomic E-state index is 11.6. The van der Waals surface area contributed by atoms with E-state index < -0.39 is 0 Å².